The van der Waals surface area contributed by atoms with Gasteiger partial charge in [-0.15, -0.1) is 0 Å². The van der Waals surface area contributed by atoms with E-state index in [4.69, 9.17) is 34.9 Å². The van der Waals surface area contributed by atoms with Crippen LogP contribution < -0.4 is 39.2 Å². The first-order chi connectivity index (χ1) is 53.6. The Morgan fingerprint density at radius 2 is 0.604 bits per heavy atom. The predicted octanol–water partition coefficient (Wildman–Crippen LogP) is 20.9. The van der Waals surface area contributed by atoms with Gasteiger partial charge in [0.05, 0.1) is 30.5 Å². The minimum atomic E-state index is 0.266. The molecule has 8 aliphatic heterocycles. The van der Waals surface area contributed by atoms with Crippen LogP contribution in [0.2, 0.25) is 0 Å². The second kappa shape index (κ2) is 28.7. The number of fused-ring (bicyclic) bond motifs is 20. The molecular weight excluding hydrogens is 1370 g/mol. The van der Waals surface area contributed by atoms with Gasteiger partial charge in [-0.2, -0.15) is 0 Å². The van der Waals surface area contributed by atoms with Crippen LogP contribution in [0.3, 0.4) is 0 Å². The summed E-state index contributed by atoms with van der Waals surface area (Å²) < 4.78 is 0. The monoisotopic (exact) mass is 1470 g/mol. The zero-order chi connectivity index (χ0) is 77.1. The number of likely N-dealkylation sites (N-methyl/N-ethyl adjacent to an activating group) is 4. The SMILES string of the molecule is CC(C)c1cccc(C(C)C)c1-c1cnc2c(n1)N1c3ccccc3CC1N2C.CC(C)c1cccc(C(C)C)c1-c1ncc2c(n1)N(C)C1Cc3ccccc3N21.CC(C)c1cncc(C(C)C)c1-c1ncc2c(n1)N(C)C1Cc3ccccc3N21.Cc1ccccc1-c1ncc2c(n1)N(C)C1Cc3ccccc3N21. The zero-order valence-corrected chi connectivity index (χ0v) is 67.2. The minimum Gasteiger partial charge on any atom is -0.337 e. The first-order valence-electron chi connectivity index (χ1n) is 39.8. The van der Waals surface area contributed by atoms with E-state index in [1.54, 1.807) is 0 Å². The molecular formula is C94H101N17. The molecule has 0 saturated carbocycles. The van der Waals surface area contributed by atoms with Crippen LogP contribution >= 0.6 is 0 Å². The first kappa shape index (κ1) is 72.3. The van der Waals surface area contributed by atoms with E-state index in [1.165, 1.54) is 95.1 Å². The molecule has 0 fully saturated rings. The van der Waals surface area contributed by atoms with Gasteiger partial charge in [-0.3, -0.25) is 4.98 Å². The van der Waals surface area contributed by atoms with Crippen molar-refractivity contribution < 1.29 is 0 Å². The fraction of sp³-hybridized carbons (Fsp3) is 0.330. The highest BCUT2D eigenvalue weighted by Crippen LogP contribution is 2.54. The second-order valence-electron chi connectivity index (χ2n) is 32.8. The molecule has 4 atom stereocenters. The molecule has 0 spiro atoms. The topological polar surface area (TPSA) is 142 Å². The van der Waals surface area contributed by atoms with Crippen molar-refractivity contribution in [3.63, 3.8) is 0 Å². The van der Waals surface area contributed by atoms with Crippen LogP contribution in [-0.2, 0) is 25.7 Å². The van der Waals surface area contributed by atoms with Gasteiger partial charge in [-0.1, -0.05) is 217 Å². The van der Waals surface area contributed by atoms with Crippen LogP contribution in [0, 0.1) is 6.92 Å². The van der Waals surface area contributed by atoms with E-state index >= 15 is 0 Å². The number of hydrogen-bond donors (Lipinski definition) is 0. The van der Waals surface area contributed by atoms with Gasteiger partial charge in [0.25, 0.3) is 0 Å². The van der Waals surface area contributed by atoms with E-state index in [9.17, 15) is 0 Å². The number of hydrogen-bond acceptors (Lipinski definition) is 17. The number of para-hydroxylation sites is 4. The summed E-state index contributed by atoms with van der Waals surface area (Å²) in [6.45, 7) is 28.9. The number of rotatable bonds is 10. The molecule has 562 valence electrons. The van der Waals surface area contributed by atoms with Crippen molar-refractivity contribution in [1.82, 2.24) is 44.9 Å². The summed E-state index contributed by atoms with van der Waals surface area (Å²) >= 11 is 0. The number of pyridine rings is 1. The lowest BCUT2D eigenvalue weighted by molar-refractivity contribution is 0.698. The predicted molar refractivity (Wildman–Crippen MR) is 455 cm³/mol. The van der Waals surface area contributed by atoms with E-state index in [1.807, 2.05) is 49.3 Å². The van der Waals surface area contributed by atoms with Gasteiger partial charge < -0.3 is 39.2 Å². The molecule has 13 heterocycles. The van der Waals surface area contributed by atoms with Crippen molar-refractivity contribution in [2.75, 3.05) is 67.4 Å². The Morgan fingerprint density at radius 1 is 0.279 bits per heavy atom. The Labute approximate surface area is 654 Å². The van der Waals surface area contributed by atoms with Gasteiger partial charge in [0.1, 0.15) is 41.7 Å². The van der Waals surface area contributed by atoms with E-state index in [0.717, 1.165) is 106 Å². The molecule has 0 N–H and O–H groups in total. The molecule has 0 aliphatic carbocycles. The lowest BCUT2D eigenvalue weighted by atomic mass is 9.87. The summed E-state index contributed by atoms with van der Waals surface area (Å²) in [7, 11) is 8.56. The molecule has 17 heteroatoms. The molecule has 0 amide bonds. The van der Waals surface area contributed by atoms with Crippen molar-refractivity contribution in [3.05, 3.63) is 256 Å². The Kier molecular flexibility index (Phi) is 18.7. The van der Waals surface area contributed by atoms with Crippen molar-refractivity contribution in [3.8, 4) is 45.4 Å². The summed E-state index contributed by atoms with van der Waals surface area (Å²) in [5, 5.41) is 0. The number of benzene rings is 7. The van der Waals surface area contributed by atoms with Gasteiger partial charge in [-0.05, 0) is 128 Å². The smallest absolute Gasteiger partial charge is 0.178 e. The van der Waals surface area contributed by atoms with Crippen molar-refractivity contribution in [2.24, 2.45) is 0 Å². The molecule has 111 heavy (non-hydrogen) atoms. The quantitative estimate of drug-likeness (QED) is 0.128. The van der Waals surface area contributed by atoms with Gasteiger partial charge in [0.15, 0.2) is 46.6 Å². The highest BCUT2D eigenvalue weighted by atomic mass is 15.5. The molecule has 17 nitrogen and oxygen atoms in total. The third-order valence-corrected chi connectivity index (χ3v) is 24.0. The summed E-state index contributed by atoms with van der Waals surface area (Å²) in [6.07, 6.45) is 17.1. The summed E-state index contributed by atoms with van der Waals surface area (Å²) in [5.74, 6) is 9.90. The van der Waals surface area contributed by atoms with E-state index < -0.39 is 0 Å². The minimum absolute atomic E-state index is 0.266. The highest BCUT2D eigenvalue weighted by molar-refractivity contribution is 5.90. The van der Waals surface area contributed by atoms with E-state index in [-0.39, 0.29) is 18.5 Å². The third kappa shape index (κ3) is 12.2. The van der Waals surface area contributed by atoms with Gasteiger partial charge in [-0.25, -0.2) is 39.9 Å². The maximum atomic E-state index is 5.22. The molecule has 0 saturated heterocycles. The molecule has 20 rings (SSSR count). The van der Waals surface area contributed by atoms with Gasteiger partial charge >= 0.3 is 0 Å². The third-order valence-electron chi connectivity index (χ3n) is 24.0. The highest BCUT2D eigenvalue weighted by Gasteiger charge is 2.47. The number of aromatic nitrogens is 9. The number of anilines is 12. The molecule has 12 aromatic rings. The van der Waals surface area contributed by atoms with Crippen molar-refractivity contribution in [2.45, 2.75) is 176 Å². The summed E-state index contributed by atoms with van der Waals surface area (Å²) in [6, 6.07) is 56.1. The Balaban J connectivity index is 0.000000108. The van der Waals surface area contributed by atoms with Gasteiger partial charge in [0, 0.05) is 111 Å². The normalized spacial score (nSPS) is 17.3. The van der Waals surface area contributed by atoms with Crippen molar-refractivity contribution in [1.29, 1.82) is 0 Å². The molecule has 0 radical (unpaired) electrons. The standard InChI is InChI=1S/2C25H28N4.C24H27N5.C20H18N4/c1-15(2)18-10-8-11-19(16(3)4)23(18)20-14-26-24-25(27-20)29-21-12-7-6-9-17(21)13-22(29)28(24)5;1-15(2)18-10-8-11-19(16(3)4)23(18)24-26-14-21-25(27-24)28(5)22-13-17-9-6-7-12-20(17)29(21)22;1-14(2)17-11-25-12-18(15(3)4)22(17)23-26-13-20-24(27-23)28(5)21-10-16-8-6-7-9-19(16)29(20)21;1-13-7-3-5-9-15(13)19-21-12-17-20(22-19)23(2)18-11-14-8-4-6-10-16(14)24(17)18/h2*6-12,14-16,22H,13H2,1-5H3;6-9,11-15,21H,10H2,1-5H3;3-10,12,18H,11H2,1-2H3. The van der Waals surface area contributed by atoms with Gasteiger partial charge in [0.2, 0.25) is 0 Å². The molecule has 0 bridgehead atoms. The van der Waals surface area contributed by atoms with Crippen LogP contribution in [0.25, 0.3) is 45.4 Å². The lowest BCUT2D eigenvalue weighted by Crippen LogP contribution is -2.36. The number of nitrogens with zero attached hydrogens (tertiary/aromatic N) is 17. The summed E-state index contributed by atoms with van der Waals surface area (Å²) in [4.78, 5) is 62.8. The summed E-state index contributed by atoms with van der Waals surface area (Å²) in [5.41, 5.74) is 28.6. The van der Waals surface area contributed by atoms with Crippen molar-refractivity contribution >= 4 is 68.9 Å². The molecule has 8 aliphatic rings. The fourth-order valence-electron chi connectivity index (χ4n) is 18.2. The Morgan fingerprint density at radius 3 is 1.00 bits per heavy atom. The van der Waals surface area contributed by atoms with Crippen LogP contribution in [0.5, 0.6) is 0 Å². The Hall–Kier alpha value is -11.6. The maximum Gasteiger partial charge on any atom is 0.178 e. The molecule has 4 unspecified atom stereocenters. The van der Waals surface area contributed by atoms with Crippen LogP contribution in [0.4, 0.5) is 68.9 Å². The fourth-order valence-corrected chi connectivity index (χ4v) is 18.2. The first-order valence-corrected chi connectivity index (χ1v) is 39.8. The van der Waals surface area contributed by atoms with Crippen LogP contribution in [-0.4, -0.2) is 97.7 Å². The largest absolute Gasteiger partial charge is 0.337 e. The van der Waals surface area contributed by atoms with Crippen LogP contribution in [0.15, 0.2) is 195 Å². The lowest BCUT2D eigenvalue weighted by Gasteiger charge is -2.23. The average Bonchev–Trinajstić information content (AvgIpc) is 1.59. The maximum absolute atomic E-state index is 5.22. The number of aryl methyl sites for hydroxylation is 1. The Bertz CT molecular complexity index is 5320. The second-order valence-corrected chi connectivity index (χ2v) is 32.8. The average molecular weight is 1470 g/mol. The zero-order valence-electron chi connectivity index (χ0n) is 67.2. The molecule has 5 aromatic heterocycles. The molecule has 7 aromatic carbocycles. The van der Waals surface area contributed by atoms with E-state index in [2.05, 4.69) is 313 Å². The van der Waals surface area contributed by atoms with E-state index in [0.29, 0.717) is 41.7 Å². The van der Waals surface area contributed by atoms with Crippen LogP contribution in [0.1, 0.15) is 180 Å².